The van der Waals surface area contributed by atoms with Crippen molar-refractivity contribution in [2.75, 3.05) is 0 Å². The van der Waals surface area contributed by atoms with Crippen LogP contribution < -0.4 is 113 Å². The Bertz CT molecular complexity index is 2080. The molecule has 1 saturated heterocycles. The fourth-order valence-electron chi connectivity index (χ4n) is 4.99. The van der Waals surface area contributed by atoms with E-state index in [-0.39, 0.29) is 134 Å². The molecule has 0 aliphatic carbocycles. The molecule has 0 saturated carbocycles. The molecule has 7 rings (SSSR count). The van der Waals surface area contributed by atoms with E-state index in [9.17, 15) is 0 Å². The molecule has 0 N–H and O–H groups in total. The summed E-state index contributed by atoms with van der Waals surface area (Å²) in [6.45, 7) is 9.70. The van der Waals surface area contributed by atoms with Gasteiger partial charge in [-0.1, -0.05) is 44.0 Å². The first-order chi connectivity index (χ1) is 24.3. The molecule has 0 atom stereocenters. The Morgan fingerprint density at radius 3 is 1.70 bits per heavy atom. The molecule has 282 valence electrons. The van der Waals surface area contributed by atoms with E-state index in [1.165, 1.54) is 35.7 Å². The van der Waals surface area contributed by atoms with Crippen LogP contribution in [0.25, 0.3) is 33.1 Å². The fraction of sp³-hybridized carbons (Fsp3) is 0.343. The first kappa shape index (κ1) is 52.9. The van der Waals surface area contributed by atoms with Gasteiger partial charge in [0.1, 0.15) is 4.84 Å². The van der Waals surface area contributed by atoms with Gasteiger partial charge in [0.25, 0.3) is 6.47 Å². The number of hydrogen-bond acceptors (Lipinski definition) is 7. The molecular weight excluding hydrogens is 1030 g/mol. The van der Waals surface area contributed by atoms with E-state index in [1.54, 1.807) is 17.8 Å². The minimum atomic E-state index is -0.302. The van der Waals surface area contributed by atoms with Crippen LogP contribution in [0.15, 0.2) is 82.3 Å². The van der Waals surface area contributed by atoms with Crippen LogP contribution in [-0.4, -0.2) is 58.3 Å². The number of nitrogens with zero attached hydrogens (tertiary/aromatic N) is 6. The Morgan fingerprint density at radius 2 is 1.31 bits per heavy atom. The molecule has 0 unspecified atom stereocenters. The van der Waals surface area contributed by atoms with Gasteiger partial charge < -0.3 is 30.0 Å². The molecular formula is C35H42BBr2Cl2IK2N6O5. The van der Waals surface area contributed by atoms with Crippen molar-refractivity contribution in [1.82, 2.24) is 28.7 Å². The third-order valence-electron chi connectivity index (χ3n) is 8.30. The average Bonchev–Trinajstić information content (AvgIpc) is 3.88. The Morgan fingerprint density at radius 1 is 0.870 bits per heavy atom. The zero-order valence-electron chi connectivity index (χ0n) is 33.3. The van der Waals surface area contributed by atoms with Crippen molar-refractivity contribution in [3.8, 4) is 11.3 Å². The van der Waals surface area contributed by atoms with Gasteiger partial charge in [-0.05, 0) is 93.6 Å². The predicted molar refractivity (Wildman–Crippen MR) is 225 cm³/mol. The fourth-order valence-corrected chi connectivity index (χ4v) is 6.50. The molecule has 0 spiro atoms. The zero-order valence-corrected chi connectivity index (χ0v) is 45.4. The van der Waals surface area contributed by atoms with Crippen LogP contribution in [0.1, 0.15) is 36.0 Å². The van der Waals surface area contributed by atoms with Gasteiger partial charge in [-0.15, -0.1) is 23.2 Å². The summed E-state index contributed by atoms with van der Waals surface area (Å²) in [7, 11) is 7.67. The molecule has 4 aromatic heterocycles. The average molecular weight is 1070 g/mol. The number of carbonyl (C=O) groups is 1. The third kappa shape index (κ3) is 14.6. The molecule has 1 fully saturated rings. The molecule has 0 amide bonds. The van der Waals surface area contributed by atoms with Gasteiger partial charge in [-0.25, -0.2) is 0 Å². The second-order valence-corrected chi connectivity index (χ2v) is 17.0. The summed E-state index contributed by atoms with van der Waals surface area (Å²) in [4.78, 5) is 11.0. The molecule has 0 bridgehead atoms. The minimum Gasteiger partial charge on any atom is -1.00 e. The molecule has 6 aromatic rings. The van der Waals surface area contributed by atoms with Gasteiger partial charge in [-0.2, -0.15) is 10.2 Å². The van der Waals surface area contributed by atoms with Crippen LogP contribution in [0.5, 0.6) is 0 Å². The van der Waals surface area contributed by atoms with Crippen molar-refractivity contribution < 1.29 is 128 Å². The molecule has 1 aliphatic rings. The summed E-state index contributed by atoms with van der Waals surface area (Å²) in [5, 5.41) is 19.3. The summed E-state index contributed by atoms with van der Waals surface area (Å²) in [6, 6.07) is 16.9. The zero-order chi connectivity index (χ0) is 39.0. The summed E-state index contributed by atoms with van der Waals surface area (Å²) in [5.41, 5.74) is 5.21. The van der Waals surface area contributed by atoms with E-state index >= 15 is 0 Å². The van der Waals surface area contributed by atoms with Crippen LogP contribution in [0.3, 0.4) is 0 Å². The van der Waals surface area contributed by atoms with Crippen molar-refractivity contribution >= 4 is 119 Å². The third-order valence-corrected chi connectivity index (χ3v) is 10.7. The van der Waals surface area contributed by atoms with Gasteiger partial charge in [0.15, 0.2) is 0 Å². The normalized spacial score (nSPS) is 13.5. The predicted octanol–water partition coefficient (Wildman–Crippen LogP) is 1.97. The molecule has 0 radical (unpaired) electrons. The van der Waals surface area contributed by atoms with E-state index in [2.05, 4.69) is 141 Å². The first-order valence-corrected chi connectivity index (χ1v) is 19.3. The van der Waals surface area contributed by atoms with Gasteiger partial charge in [0.05, 0.1) is 26.8 Å². The van der Waals surface area contributed by atoms with Crippen LogP contribution in [0.2, 0.25) is 0 Å². The van der Waals surface area contributed by atoms with Crippen molar-refractivity contribution in [2.45, 2.75) is 50.7 Å². The molecule has 1 aliphatic heterocycles. The van der Waals surface area contributed by atoms with Gasteiger partial charge in [-0.3, -0.25) is 14.2 Å². The molecule has 19 heteroatoms. The number of carbonyl (C=O) groups excluding carboxylic acids is 1. The van der Waals surface area contributed by atoms with Gasteiger partial charge in [0.2, 0.25) is 0 Å². The van der Waals surface area contributed by atoms with E-state index < -0.39 is 0 Å². The molecule has 2 aromatic carbocycles. The van der Waals surface area contributed by atoms with Crippen LogP contribution in [0, 0.1) is 3.70 Å². The monoisotopic (exact) mass is 1070 g/mol. The quantitative estimate of drug-likeness (QED) is 0.0667. The summed E-state index contributed by atoms with van der Waals surface area (Å²) < 4.78 is 23.3. The van der Waals surface area contributed by atoms with Crippen LogP contribution in [0.4, 0.5) is 0 Å². The number of halogens is 5. The molecule has 5 heterocycles. The summed E-state index contributed by atoms with van der Waals surface area (Å²) in [6.07, 6.45) is 7.62. The van der Waals surface area contributed by atoms with Crippen LogP contribution in [-0.2, 0) is 47.2 Å². The Labute approximate surface area is 444 Å². The van der Waals surface area contributed by atoms with Crippen molar-refractivity contribution in [2.24, 2.45) is 28.2 Å². The Hall–Kier alpha value is 0.898. The maximum absolute atomic E-state index is 8.64. The van der Waals surface area contributed by atoms with Gasteiger partial charge in [0, 0.05) is 88.6 Å². The maximum Gasteiger partial charge on any atom is 1.00 e. The van der Waals surface area contributed by atoms with Crippen molar-refractivity contribution in [3.05, 3.63) is 86.0 Å². The number of alkyl halides is 2. The molecule has 54 heavy (non-hydrogen) atoms. The molecule has 11 nitrogen and oxygen atoms in total. The Kier molecular flexibility index (Phi) is 23.7. The summed E-state index contributed by atoms with van der Waals surface area (Å²) in [5.74, 6) is 0. The number of aryl methyl sites for hydroxylation is 4. The summed E-state index contributed by atoms with van der Waals surface area (Å²) >= 11 is 19.5. The maximum atomic E-state index is 8.64. The number of fused-ring (bicyclic) bond motifs is 2. The topological polar surface area (TPSA) is 113 Å². The standard InChI is InChI=1S/C13H12BrN3.C10H17BN2O2.C9H7BrIN.C2H4Cl2.CH2O3.2K.H/c1-16-8-9(7-15-16)13-6-10-11(14)4-3-5-12(10)17(13)2;1-9(2)10(3,4)15-11(14-9)8-6-12-13(5)7-8;1-12-8-4-2-3-7(10)6(8)5-9(12)11;1-2(3)4;2-1-4-3;;;/h3-8H,1-2H3;6-7H,1-5H3;2-5H,1H3;2H,1H3;1,3H;;;/q;;;;;2*+1;-1/p-1. The van der Waals surface area contributed by atoms with E-state index in [4.69, 9.17) is 42.6 Å². The number of aromatic nitrogens is 6. The van der Waals surface area contributed by atoms with E-state index in [0.29, 0.717) is 0 Å². The number of hydrogen-bond donors (Lipinski definition) is 0. The number of benzene rings is 2. The Balaban J connectivity index is 0.000000713. The first-order valence-electron chi connectivity index (χ1n) is 15.8. The van der Waals surface area contributed by atoms with Crippen LogP contribution >= 0.6 is 77.7 Å². The second-order valence-electron chi connectivity index (χ2n) is 12.6. The van der Waals surface area contributed by atoms with E-state index in [1.807, 2.05) is 65.1 Å². The largest absolute Gasteiger partial charge is 1.00 e. The smallest absolute Gasteiger partial charge is 1.00 e. The van der Waals surface area contributed by atoms with E-state index in [0.717, 1.165) is 15.5 Å². The SMILES string of the molecule is CC(Cl)Cl.Cn1c(I)cc2c(Br)cccc21.Cn1cc(-c2cc3c(Br)cccc3n2C)cn1.Cn1cc(B2OC(C)(C)C(C)(C)O2)cn1.O=CO[O-].[H-].[K+].[K+]. The van der Waals surface area contributed by atoms with Crippen molar-refractivity contribution in [3.63, 3.8) is 0 Å². The van der Waals surface area contributed by atoms with Gasteiger partial charge >= 0.3 is 110 Å². The minimum absolute atomic E-state index is 0. The second kappa shape index (κ2) is 24.2. The van der Waals surface area contributed by atoms with Crippen molar-refractivity contribution in [1.29, 1.82) is 0 Å². The number of rotatable bonds is 3.